The maximum atomic E-state index is 13.3. The van der Waals surface area contributed by atoms with Crippen molar-refractivity contribution in [3.63, 3.8) is 0 Å². The Bertz CT molecular complexity index is 1510. The number of benzene rings is 3. The summed E-state index contributed by atoms with van der Waals surface area (Å²) in [6.07, 6.45) is -2.13. The van der Waals surface area contributed by atoms with E-state index in [9.17, 15) is 18.0 Å². The Morgan fingerprint density at radius 2 is 1.62 bits per heavy atom. The number of hydrogen-bond donors (Lipinski definition) is 4. The van der Waals surface area contributed by atoms with Crippen LogP contribution in [0.4, 0.5) is 24.5 Å². The number of nitrogens with one attached hydrogen (secondary N) is 4. The Morgan fingerprint density at radius 3 is 2.21 bits per heavy atom. The van der Waals surface area contributed by atoms with Gasteiger partial charge in [0, 0.05) is 11.4 Å². The second kappa shape index (κ2) is 12.6. The fourth-order valence-electron chi connectivity index (χ4n) is 4.41. The Morgan fingerprint density at radius 1 is 0.976 bits per heavy atom. The van der Waals surface area contributed by atoms with Crippen LogP contribution in [0.15, 0.2) is 84.6 Å². The number of nitriles is 1. The highest BCUT2D eigenvalue weighted by molar-refractivity contribution is 6.11. The van der Waals surface area contributed by atoms with E-state index >= 15 is 0 Å². The van der Waals surface area contributed by atoms with Crippen molar-refractivity contribution in [2.75, 3.05) is 17.2 Å². The molecule has 3 aromatic rings. The van der Waals surface area contributed by atoms with Crippen molar-refractivity contribution in [1.29, 1.82) is 10.7 Å². The molecule has 0 bridgehead atoms. The van der Waals surface area contributed by atoms with Crippen molar-refractivity contribution < 1.29 is 18.0 Å². The number of carbonyl (C=O) groups is 1. The van der Waals surface area contributed by atoms with Gasteiger partial charge in [0.05, 0.1) is 17.7 Å². The van der Waals surface area contributed by atoms with Gasteiger partial charge in [0.25, 0.3) is 5.91 Å². The van der Waals surface area contributed by atoms with Gasteiger partial charge in [0.2, 0.25) is 0 Å². The molecular weight excluding hydrogens is 539 g/mol. The van der Waals surface area contributed by atoms with Crippen molar-refractivity contribution in [3.8, 4) is 6.07 Å². The maximum absolute atomic E-state index is 13.3. The molecule has 218 valence electrons. The Kier molecular flexibility index (Phi) is 9.17. The lowest BCUT2D eigenvalue weighted by Crippen LogP contribution is -2.26. The molecule has 0 aliphatic heterocycles. The zero-order valence-electron chi connectivity index (χ0n) is 23.8. The number of hydrogen-bond acceptors (Lipinski definition) is 5. The number of anilines is 2. The van der Waals surface area contributed by atoms with E-state index < -0.39 is 23.5 Å². The first-order valence-electron chi connectivity index (χ1n) is 13.7. The lowest BCUT2D eigenvalue weighted by atomic mass is 9.85. The summed E-state index contributed by atoms with van der Waals surface area (Å²) < 4.78 is 39.6. The van der Waals surface area contributed by atoms with Gasteiger partial charge in [0.1, 0.15) is 11.4 Å². The van der Waals surface area contributed by atoms with E-state index in [1.54, 1.807) is 18.2 Å². The molecular formula is C33H34F3N5O. The summed E-state index contributed by atoms with van der Waals surface area (Å²) >= 11 is 0. The minimum absolute atomic E-state index is 0.0112. The Hall–Kier alpha value is -4.42. The summed E-state index contributed by atoms with van der Waals surface area (Å²) in [6.45, 7) is 7.32. The Balaban J connectivity index is 1.61. The van der Waals surface area contributed by atoms with Crippen LogP contribution in [-0.4, -0.2) is 24.3 Å². The molecule has 1 saturated carbocycles. The van der Waals surface area contributed by atoms with Crippen molar-refractivity contribution in [2.45, 2.75) is 51.2 Å². The summed E-state index contributed by atoms with van der Waals surface area (Å²) in [5, 5.41) is 25.6. The molecule has 0 saturated heterocycles. The van der Waals surface area contributed by atoms with Crippen molar-refractivity contribution in [3.05, 3.63) is 107 Å². The van der Waals surface area contributed by atoms with E-state index in [0.29, 0.717) is 17.7 Å². The van der Waals surface area contributed by atoms with Gasteiger partial charge in [-0.3, -0.25) is 10.2 Å². The molecule has 6 nitrogen and oxygen atoms in total. The molecule has 0 spiro atoms. The smallest absolute Gasteiger partial charge is 0.351 e. The second-order valence-corrected chi connectivity index (χ2v) is 11.5. The van der Waals surface area contributed by atoms with Gasteiger partial charge < -0.3 is 16.0 Å². The van der Waals surface area contributed by atoms with E-state index in [2.05, 4.69) is 61.0 Å². The predicted octanol–water partition coefficient (Wildman–Crippen LogP) is 7.46. The molecule has 0 heterocycles. The van der Waals surface area contributed by atoms with Crippen LogP contribution in [0.5, 0.6) is 0 Å². The zero-order chi connectivity index (χ0) is 30.5. The van der Waals surface area contributed by atoms with Gasteiger partial charge in [-0.05, 0) is 83.8 Å². The van der Waals surface area contributed by atoms with E-state index in [1.165, 1.54) is 42.7 Å². The average molecular weight is 574 g/mol. The SMILES string of the molecule is CC(C)(C)c1ccc(C(NCC2CC2)c2cccc(NC(=O)/C(=C/C(=N)C(F)(F)F)Nc3cccc(C#N)c3)c2)cc1. The van der Waals surface area contributed by atoms with E-state index in [1.807, 2.05) is 12.1 Å². The minimum atomic E-state index is -4.94. The fraction of sp³-hybridized carbons (Fsp3) is 0.303. The van der Waals surface area contributed by atoms with Gasteiger partial charge in [0.15, 0.2) is 0 Å². The van der Waals surface area contributed by atoms with Gasteiger partial charge in [-0.2, -0.15) is 18.4 Å². The topological polar surface area (TPSA) is 101 Å². The highest BCUT2D eigenvalue weighted by atomic mass is 19.4. The highest BCUT2D eigenvalue weighted by Crippen LogP contribution is 2.32. The van der Waals surface area contributed by atoms with Crippen LogP contribution in [0.3, 0.4) is 0 Å². The summed E-state index contributed by atoms with van der Waals surface area (Å²) in [7, 11) is 0. The average Bonchev–Trinajstić information content (AvgIpc) is 3.77. The Labute approximate surface area is 244 Å². The minimum Gasteiger partial charge on any atom is -0.351 e. The number of halogens is 3. The van der Waals surface area contributed by atoms with Crippen LogP contribution in [0.2, 0.25) is 0 Å². The first-order valence-corrected chi connectivity index (χ1v) is 13.7. The number of carbonyl (C=O) groups excluding carboxylic acids is 1. The normalized spacial score (nSPS) is 14.5. The first kappa shape index (κ1) is 30.5. The number of allylic oxidation sites excluding steroid dienone is 1. The fourth-order valence-corrected chi connectivity index (χ4v) is 4.41. The van der Waals surface area contributed by atoms with Crippen molar-refractivity contribution in [2.24, 2.45) is 5.92 Å². The van der Waals surface area contributed by atoms with Crippen LogP contribution in [0.25, 0.3) is 0 Å². The molecule has 0 radical (unpaired) electrons. The summed E-state index contributed by atoms with van der Waals surface area (Å²) in [5.41, 5.74) is 1.89. The van der Waals surface area contributed by atoms with Gasteiger partial charge in [-0.15, -0.1) is 0 Å². The van der Waals surface area contributed by atoms with Gasteiger partial charge in [-0.1, -0.05) is 63.2 Å². The van der Waals surface area contributed by atoms with E-state index in [0.717, 1.165) is 17.7 Å². The molecule has 1 unspecified atom stereocenters. The zero-order valence-corrected chi connectivity index (χ0v) is 23.8. The monoisotopic (exact) mass is 573 g/mol. The molecule has 1 aliphatic carbocycles. The molecule has 4 N–H and O–H groups in total. The van der Waals surface area contributed by atoms with Crippen LogP contribution in [0, 0.1) is 22.7 Å². The van der Waals surface area contributed by atoms with E-state index in [4.69, 9.17) is 10.7 Å². The highest BCUT2D eigenvalue weighted by Gasteiger charge is 2.33. The number of amides is 1. The largest absolute Gasteiger partial charge is 0.432 e. The lowest BCUT2D eigenvalue weighted by molar-refractivity contribution is -0.112. The second-order valence-electron chi connectivity index (χ2n) is 11.5. The predicted molar refractivity (Wildman–Crippen MR) is 159 cm³/mol. The van der Waals surface area contributed by atoms with Crippen molar-refractivity contribution >= 4 is 23.0 Å². The number of alkyl halides is 3. The van der Waals surface area contributed by atoms with Crippen LogP contribution >= 0.6 is 0 Å². The van der Waals surface area contributed by atoms with Crippen LogP contribution in [-0.2, 0) is 10.2 Å². The molecule has 0 aromatic heterocycles. The summed E-state index contributed by atoms with van der Waals surface area (Å²) in [4.78, 5) is 13.3. The molecule has 3 aromatic carbocycles. The molecule has 1 fully saturated rings. The van der Waals surface area contributed by atoms with Gasteiger partial charge >= 0.3 is 6.18 Å². The molecule has 1 amide bonds. The van der Waals surface area contributed by atoms with E-state index in [-0.39, 0.29) is 22.7 Å². The third-order valence-electron chi connectivity index (χ3n) is 7.00. The molecule has 42 heavy (non-hydrogen) atoms. The standard InChI is InChI=1S/C33H34F3N5O/c1-32(2,3)25-14-12-23(13-15-25)30(39-20-21-10-11-21)24-7-5-9-27(17-24)41-31(42)28(18-29(38)33(34,35)36)40-26-8-4-6-22(16-26)19-37/h4-9,12-18,21,30,38-40H,10-11,20H2,1-3H3,(H,41,42)/b28-18-,38-29?. The molecule has 1 atom stereocenters. The first-order chi connectivity index (χ1) is 19.8. The number of rotatable bonds is 10. The summed E-state index contributed by atoms with van der Waals surface area (Å²) in [5.74, 6) is -0.230. The van der Waals surface area contributed by atoms with Crippen LogP contribution < -0.4 is 16.0 Å². The quantitative estimate of drug-likeness (QED) is 0.149. The molecule has 1 aliphatic rings. The third-order valence-corrected chi connectivity index (χ3v) is 7.00. The molecule has 4 rings (SSSR count). The summed E-state index contributed by atoms with van der Waals surface area (Å²) in [6, 6.07) is 23.4. The number of nitrogens with zero attached hydrogens (tertiary/aromatic N) is 1. The molecule has 9 heteroatoms. The third kappa shape index (κ3) is 8.30. The van der Waals surface area contributed by atoms with Crippen molar-refractivity contribution in [1.82, 2.24) is 5.32 Å². The van der Waals surface area contributed by atoms with Crippen LogP contribution in [0.1, 0.15) is 61.9 Å². The van der Waals surface area contributed by atoms with Gasteiger partial charge in [-0.25, -0.2) is 0 Å². The maximum Gasteiger partial charge on any atom is 0.432 e. The lowest BCUT2D eigenvalue weighted by Gasteiger charge is -2.23.